The average Bonchev–Trinajstić information content (AvgIpc) is 2.32. The standard InChI is InChI=1S/C14H29NO2/c1-7-12(5)9-14(8-2,13(16)17-6)15-10-11(3)4/h11-12,15H,7-10H2,1-6H3. The number of rotatable bonds is 8. The second-order valence-electron chi connectivity index (χ2n) is 5.42. The molecular formula is C14H29NO2. The molecule has 0 spiro atoms. The maximum Gasteiger partial charge on any atom is 0.326 e. The molecule has 0 bridgehead atoms. The van der Waals surface area contributed by atoms with Crippen LogP contribution < -0.4 is 5.32 Å². The van der Waals surface area contributed by atoms with E-state index in [-0.39, 0.29) is 5.97 Å². The summed E-state index contributed by atoms with van der Waals surface area (Å²) in [5.74, 6) is 0.928. The topological polar surface area (TPSA) is 38.3 Å². The molecule has 2 atom stereocenters. The first-order valence-electron chi connectivity index (χ1n) is 6.75. The number of esters is 1. The van der Waals surface area contributed by atoms with Gasteiger partial charge in [0.15, 0.2) is 0 Å². The molecule has 0 aromatic rings. The Balaban J connectivity index is 4.80. The Morgan fingerprint density at radius 3 is 2.24 bits per heavy atom. The van der Waals surface area contributed by atoms with E-state index in [1.807, 2.05) is 6.92 Å². The molecule has 0 radical (unpaired) electrons. The SMILES string of the molecule is CCC(C)CC(CC)(NCC(C)C)C(=O)OC. The van der Waals surface area contributed by atoms with Crippen molar-refractivity contribution < 1.29 is 9.53 Å². The zero-order chi connectivity index (χ0) is 13.5. The van der Waals surface area contributed by atoms with Gasteiger partial charge < -0.3 is 10.1 Å². The molecule has 0 heterocycles. The van der Waals surface area contributed by atoms with E-state index in [4.69, 9.17) is 4.74 Å². The third-order valence-corrected chi connectivity index (χ3v) is 3.42. The molecule has 17 heavy (non-hydrogen) atoms. The van der Waals surface area contributed by atoms with E-state index >= 15 is 0 Å². The van der Waals surface area contributed by atoms with Gasteiger partial charge in [0, 0.05) is 0 Å². The van der Waals surface area contributed by atoms with E-state index in [1.54, 1.807) is 0 Å². The summed E-state index contributed by atoms with van der Waals surface area (Å²) in [4.78, 5) is 12.0. The number of methoxy groups -OCH3 is 1. The maximum absolute atomic E-state index is 12.0. The van der Waals surface area contributed by atoms with Crippen molar-refractivity contribution >= 4 is 5.97 Å². The number of hydrogen-bond donors (Lipinski definition) is 1. The van der Waals surface area contributed by atoms with E-state index in [0.29, 0.717) is 11.8 Å². The highest BCUT2D eigenvalue weighted by atomic mass is 16.5. The number of ether oxygens (including phenoxy) is 1. The van der Waals surface area contributed by atoms with E-state index in [1.165, 1.54) is 7.11 Å². The van der Waals surface area contributed by atoms with Crippen LogP contribution in [0, 0.1) is 11.8 Å². The fourth-order valence-electron chi connectivity index (χ4n) is 1.98. The molecule has 0 amide bonds. The van der Waals surface area contributed by atoms with Crippen LogP contribution in [0.1, 0.15) is 53.9 Å². The van der Waals surface area contributed by atoms with Gasteiger partial charge in [0.1, 0.15) is 5.54 Å². The van der Waals surface area contributed by atoms with Crippen LogP contribution in [0.15, 0.2) is 0 Å². The highest BCUT2D eigenvalue weighted by molar-refractivity contribution is 5.80. The van der Waals surface area contributed by atoms with Gasteiger partial charge in [-0.1, -0.05) is 41.0 Å². The molecule has 0 rings (SSSR count). The largest absolute Gasteiger partial charge is 0.468 e. The molecule has 0 aliphatic heterocycles. The molecule has 0 fully saturated rings. The molecular weight excluding hydrogens is 214 g/mol. The van der Waals surface area contributed by atoms with Gasteiger partial charge in [0.05, 0.1) is 7.11 Å². The first-order chi connectivity index (χ1) is 7.91. The van der Waals surface area contributed by atoms with Gasteiger partial charge >= 0.3 is 5.97 Å². The number of carbonyl (C=O) groups is 1. The fourth-order valence-corrected chi connectivity index (χ4v) is 1.98. The van der Waals surface area contributed by atoms with Crippen LogP contribution in [0.4, 0.5) is 0 Å². The van der Waals surface area contributed by atoms with Crippen molar-refractivity contribution in [1.82, 2.24) is 5.32 Å². The van der Waals surface area contributed by atoms with Crippen molar-refractivity contribution in [3.05, 3.63) is 0 Å². The minimum absolute atomic E-state index is 0.124. The third-order valence-electron chi connectivity index (χ3n) is 3.42. The Morgan fingerprint density at radius 1 is 1.29 bits per heavy atom. The molecule has 0 aliphatic rings. The molecule has 0 aromatic carbocycles. The van der Waals surface area contributed by atoms with Crippen LogP contribution in [0.2, 0.25) is 0 Å². The van der Waals surface area contributed by atoms with Crippen molar-refractivity contribution in [2.45, 2.75) is 59.4 Å². The van der Waals surface area contributed by atoms with E-state index in [0.717, 1.165) is 25.8 Å². The second-order valence-corrected chi connectivity index (χ2v) is 5.42. The Morgan fingerprint density at radius 2 is 1.88 bits per heavy atom. The van der Waals surface area contributed by atoms with Crippen LogP contribution in [-0.2, 0) is 9.53 Å². The zero-order valence-corrected chi connectivity index (χ0v) is 12.3. The van der Waals surface area contributed by atoms with Gasteiger partial charge in [-0.2, -0.15) is 0 Å². The van der Waals surface area contributed by atoms with E-state index in [2.05, 4.69) is 33.0 Å². The lowest BCUT2D eigenvalue weighted by atomic mass is 9.84. The van der Waals surface area contributed by atoms with Gasteiger partial charge in [0.2, 0.25) is 0 Å². The molecule has 0 saturated carbocycles. The van der Waals surface area contributed by atoms with E-state index in [9.17, 15) is 4.79 Å². The molecule has 0 aromatic heterocycles. The average molecular weight is 243 g/mol. The Bertz CT molecular complexity index is 228. The highest BCUT2D eigenvalue weighted by Gasteiger charge is 2.38. The molecule has 0 saturated heterocycles. The predicted molar refractivity (Wildman–Crippen MR) is 72.0 cm³/mol. The second kappa shape index (κ2) is 7.70. The van der Waals surface area contributed by atoms with Crippen LogP contribution in [0.3, 0.4) is 0 Å². The minimum atomic E-state index is -0.506. The van der Waals surface area contributed by atoms with E-state index < -0.39 is 5.54 Å². The smallest absolute Gasteiger partial charge is 0.326 e. The minimum Gasteiger partial charge on any atom is -0.468 e. The monoisotopic (exact) mass is 243 g/mol. The molecule has 2 unspecified atom stereocenters. The third kappa shape index (κ3) is 5.07. The number of nitrogens with one attached hydrogen (secondary N) is 1. The quantitative estimate of drug-likeness (QED) is 0.666. The highest BCUT2D eigenvalue weighted by Crippen LogP contribution is 2.24. The molecule has 3 heteroatoms. The molecule has 3 nitrogen and oxygen atoms in total. The van der Waals surface area contributed by atoms with Gasteiger partial charge in [0.25, 0.3) is 0 Å². The lowest BCUT2D eigenvalue weighted by Gasteiger charge is -2.34. The first kappa shape index (κ1) is 16.4. The fraction of sp³-hybridized carbons (Fsp3) is 0.929. The predicted octanol–water partition coefficient (Wildman–Crippen LogP) is 2.99. The van der Waals surface area contributed by atoms with Crippen molar-refractivity contribution in [2.75, 3.05) is 13.7 Å². The lowest BCUT2D eigenvalue weighted by Crippen LogP contribution is -2.54. The Hall–Kier alpha value is -0.570. The van der Waals surface area contributed by atoms with Crippen molar-refractivity contribution in [3.8, 4) is 0 Å². The van der Waals surface area contributed by atoms with Crippen LogP contribution in [0.25, 0.3) is 0 Å². The maximum atomic E-state index is 12.0. The van der Waals surface area contributed by atoms with Crippen LogP contribution in [0.5, 0.6) is 0 Å². The lowest BCUT2D eigenvalue weighted by molar-refractivity contribution is -0.149. The summed E-state index contributed by atoms with van der Waals surface area (Å²) in [7, 11) is 1.47. The molecule has 0 aliphatic carbocycles. The summed E-state index contributed by atoms with van der Waals surface area (Å²) in [5.41, 5.74) is -0.506. The van der Waals surface area contributed by atoms with Gasteiger partial charge in [-0.15, -0.1) is 0 Å². The van der Waals surface area contributed by atoms with Crippen molar-refractivity contribution in [3.63, 3.8) is 0 Å². The van der Waals surface area contributed by atoms with Crippen LogP contribution >= 0.6 is 0 Å². The summed E-state index contributed by atoms with van der Waals surface area (Å²) >= 11 is 0. The van der Waals surface area contributed by atoms with Gasteiger partial charge in [-0.25, -0.2) is 0 Å². The first-order valence-corrected chi connectivity index (χ1v) is 6.75. The van der Waals surface area contributed by atoms with Crippen molar-refractivity contribution in [1.29, 1.82) is 0 Å². The Labute approximate surface area is 106 Å². The van der Waals surface area contributed by atoms with Gasteiger partial charge in [-0.05, 0) is 31.2 Å². The van der Waals surface area contributed by atoms with Gasteiger partial charge in [-0.3, -0.25) is 4.79 Å². The summed E-state index contributed by atoms with van der Waals surface area (Å²) < 4.78 is 4.98. The Kier molecular flexibility index (Phi) is 7.44. The number of hydrogen-bond acceptors (Lipinski definition) is 3. The summed E-state index contributed by atoms with van der Waals surface area (Å²) in [5, 5.41) is 3.42. The normalized spacial score (nSPS) is 16.6. The zero-order valence-electron chi connectivity index (χ0n) is 12.3. The summed E-state index contributed by atoms with van der Waals surface area (Å²) in [6.07, 6.45) is 2.71. The van der Waals surface area contributed by atoms with Crippen molar-refractivity contribution in [2.24, 2.45) is 11.8 Å². The van der Waals surface area contributed by atoms with Crippen LogP contribution in [-0.4, -0.2) is 25.2 Å². The molecule has 1 N–H and O–H groups in total. The summed E-state index contributed by atoms with van der Waals surface area (Å²) in [6, 6.07) is 0. The summed E-state index contributed by atoms with van der Waals surface area (Å²) in [6.45, 7) is 11.5. The number of carbonyl (C=O) groups excluding carboxylic acids is 1. The molecule has 102 valence electrons.